The van der Waals surface area contributed by atoms with Crippen molar-refractivity contribution in [2.75, 3.05) is 0 Å². The van der Waals surface area contributed by atoms with Gasteiger partial charge in [-0.15, -0.1) is 0 Å². The van der Waals surface area contributed by atoms with Gasteiger partial charge < -0.3 is 5.11 Å². The Kier molecular flexibility index (Phi) is 4.23. The van der Waals surface area contributed by atoms with Crippen LogP contribution in [-0.2, 0) is 6.42 Å². The van der Waals surface area contributed by atoms with Gasteiger partial charge in [-0.05, 0) is 18.8 Å². The minimum atomic E-state index is -1.34. The zero-order valence-corrected chi connectivity index (χ0v) is 10.2. The van der Waals surface area contributed by atoms with E-state index in [4.69, 9.17) is 5.11 Å². The predicted molar refractivity (Wildman–Crippen MR) is 63.8 cm³/mol. The van der Waals surface area contributed by atoms with E-state index in [9.17, 15) is 9.18 Å². The molecule has 1 N–H and O–H groups in total. The molecule has 0 spiro atoms. The summed E-state index contributed by atoms with van der Waals surface area (Å²) in [6.07, 6.45) is 8.68. The lowest BCUT2D eigenvalue weighted by atomic mass is 9.86. The molecule has 0 bridgehead atoms. The third-order valence-electron chi connectivity index (χ3n) is 3.58. The fourth-order valence-electron chi connectivity index (χ4n) is 2.55. The van der Waals surface area contributed by atoms with Gasteiger partial charge in [0.05, 0.1) is 5.69 Å². The topological polar surface area (TPSA) is 63.1 Å². The zero-order chi connectivity index (χ0) is 13.0. The van der Waals surface area contributed by atoms with Crippen LogP contribution in [0.25, 0.3) is 0 Å². The number of rotatable bonds is 4. The molecule has 1 heterocycles. The van der Waals surface area contributed by atoms with Gasteiger partial charge in [0.15, 0.2) is 11.5 Å². The van der Waals surface area contributed by atoms with Crippen LogP contribution < -0.4 is 0 Å². The summed E-state index contributed by atoms with van der Waals surface area (Å²) in [4.78, 5) is 18.1. The van der Waals surface area contributed by atoms with Gasteiger partial charge >= 0.3 is 5.97 Å². The third kappa shape index (κ3) is 3.03. The molecule has 1 saturated carbocycles. The first-order valence-electron chi connectivity index (χ1n) is 6.41. The maximum atomic E-state index is 13.8. The van der Waals surface area contributed by atoms with Crippen molar-refractivity contribution in [1.82, 2.24) is 9.97 Å². The average Bonchev–Trinajstić information content (AvgIpc) is 2.38. The molecule has 98 valence electrons. The molecule has 0 atom stereocenters. The highest BCUT2D eigenvalue weighted by molar-refractivity contribution is 5.85. The monoisotopic (exact) mass is 252 g/mol. The highest BCUT2D eigenvalue weighted by Gasteiger charge is 2.19. The molecule has 0 amide bonds. The van der Waals surface area contributed by atoms with Crippen molar-refractivity contribution < 1.29 is 14.3 Å². The van der Waals surface area contributed by atoms with Crippen molar-refractivity contribution in [3.8, 4) is 0 Å². The largest absolute Gasteiger partial charge is 0.476 e. The molecule has 4 nitrogen and oxygen atoms in total. The lowest BCUT2D eigenvalue weighted by Crippen LogP contribution is -2.12. The second-order valence-corrected chi connectivity index (χ2v) is 4.83. The summed E-state index contributed by atoms with van der Waals surface area (Å²) in [6.45, 7) is 0. The first-order valence-corrected chi connectivity index (χ1v) is 6.41. The number of aryl methyl sites for hydroxylation is 1. The fraction of sp³-hybridized carbons (Fsp3) is 0.615. The Balaban J connectivity index is 2.00. The van der Waals surface area contributed by atoms with Crippen molar-refractivity contribution in [2.45, 2.75) is 44.9 Å². The smallest absolute Gasteiger partial charge is 0.357 e. The molecule has 1 aromatic heterocycles. The summed E-state index contributed by atoms with van der Waals surface area (Å²) in [5.41, 5.74) is -0.295. The Morgan fingerprint density at radius 3 is 2.72 bits per heavy atom. The standard InChI is InChI=1S/C13H17FN2O2/c14-11-10(15-8-16-12(11)13(17)18)7-6-9-4-2-1-3-5-9/h8-9H,1-7H2,(H,17,18). The average molecular weight is 252 g/mol. The first-order chi connectivity index (χ1) is 8.68. The minimum absolute atomic E-state index is 0.230. The summed E-state index contributed by atoms with van der Waals surface area (Å²) in [7, 11) is 0. The van der Waals surface area contributed by atoms with Crippen LogP contribution in [-0.4, -0.2) is 21.0 Å². The summed E-state index contributed by atoms with van der Waals surface area (Å²) >= 11 is 0. The molecule has 1 aromatic rings. The van der Waals surface area contributed by atoms with E-state index >= 15 is 0 Å². The quantitative estimate of drug-likeness (QED) is 0.895. The summed E-state index contributed by atoms with van der Waals surface area (Å²) in [5.74, 6) is -1.49. The second-order valence-electron chi connectivity index (χ2n) is 4.83. The molecule has 1 aliphatic carbocycles. The van der Waals surface area contributed by atoms with Gasteiger partial charge in [0.2, 0.25) is 0 Å². The molecule has 18 heavy (non-hydrogen) atoms. The maximum Gasteiger partial charge on any atom is 0.357 e. The summed E-state index contributed by atoms with van der Waals surface area (Å²) in [5, 5.41) is 8.78. The van der Waals surface area contributed by atoms with Crippen LogP contribution in [0.2, 0.25) is 0 Å². The van der Waals surface area contributed by atoms with Crippen molar-refractivity contribution in [3.63, 3.8) is 0 Å². The Hall–Kier alpha value is -1.52. The molecular formula is C13H17FN2O2. The van der Waals surface area contributed by atoms with Crippen molar-refractivity contribution in [2.24, 2.45) is 5.92 Å². The predicted octanol–water partition coefficient (Wildman–Crippen LogP) is 2.83. The van der Waals surface area contributed by atoms with E-state index in [0.29, 0.717) is 12.3 Å². The van der Waals surface area contributed by atoms with Gasteiger partial charge in [-0.25, -0.2) is 19.2 Å². The van der Waals surface area contributed by atoms with Crippen LogP contribution in [0.15, 0.2) is 6.33 Å². The molecular weight excluding hydrogens is 235 g/mol. The number of carbonyl (C=O) groups is 1. The third-order valence-corrected chi connectivity index (χ3v) is 3.58. The van der Waals surface area contributed by atoms with Gasteiger partial charge in [0.1, 0.15) is 6.33 Å². The number of nitrogens with zero attached hydrogens (tertiary/aromatic N) is 2. The molecule has 1 aliphatic rings. The maximum absolute atomic E-state index is 13.8. The first kappa shape index (κ1) is 12.9. The van der Waals surface area contributed by atoms with Crippen LogP contribution in [0.1, 0.15) is 54.7 Å². The van der Waals surface area contributed by atoms with E-state index in [2.05, 4.69) is 9.97 Å². The molecule has 0 unspecified atom stereocenters. The molecule has 0 aromatic carbocycles. The van der Waals surface area contributed by atoms with Gasteiger partial charge in [-0.3, -0.25) is 0 Å². The number of hydrogen-bond donors (Lipinski definition) is 1. The molecule has 0 radical (unpaired) electrons. The van der Waals surface area contributed by atoms with E-state index in [-0.39, 0.29) is 5.69 Å². The van der Waals surface area contributed by atoms with E-state index in [1.807, 2.05) is 0 Å². The SMILES string of the molecule is O=C(O)c1ncnc(CCC2CCCCC2)c1F. The van der Waals surface area contributed by atoms with E-state index in [1.54, 1.807) is 0 Å². The van der Waals surface area contributed by atoms with Crippen molar-refractivity contribution in [1.29, 1.82) is 0 Å². The Bertz CT molecular complexity index is 431. The number of hydrogen-bond acceptors (Lipinski definition) is 3. The highest BCUT2D eigenvalue weighted by atomic mass is 19.1. The lowest BCUT2D eigenvalue weighted by molar-refractivity contribution is 0.0684. The number of aromatic carboxylic acids is 1. The normalized spacial score (nSPS) is 16.7. The number of aromatic nitrogens is 2. The Morgan fingerprint density at radius 1 is 1.33 bits per heavy atom. The molecule has 0 saturated heterocycles. The van der Waals surface area contributed by atoms with Gasteiger partial charge in [0, 0.05) is 0 Å². The van der Waals surface area contributed by atoms with Crippen molar-refractivity contribution >= 4 is 5.97 Å². The summed E-state index contributed by atoms with van der Waals surface area (Å²) in [6, 6.07) is 0. The van der Waals surface area contributed by atoms with E-state index in [0.717, 1.165) is 12.7 Å². The number of halogens is 1. The van der Waals surface area contributed by atoms with Gasteiger partial charge in [-0.2, -0.15) is 0 Å². The fourth-order valence-corrected chi connectivity index (χ4v) is 2.55. The van der Waals surface area contributed by atoms with Crippen LogP contribution in [0.3, 0.4) is 0 Å². The number of carboxylic acid groups (broad SMARTS) is 1. The molecule has 0 aliphatic heterocycles. The molecule has 2 rings (SSSR count). The van der Waals surface area contributed by atoms with Gasteiger partial charge in [0.25, 0.3) is 0 Å². The Labute approximate surface area is 105 Å². The Morgan fingerprint density at radius 2 is 2.06 bits per heavy atom. The van der Waals surface area contributed by atoms with E-state index in [1.165, 1.54) is 32.1 Å². The van der Waals surface area contributed by atoms with Crippen LogP contribution >= 0.6 is 0 Å². The van der Waals surface area contributed by atoms with E-state index < -0.39 is 17.5 Å². The van der Waals surface area contributed by atoms with Crippen molar-refractivity contribution in [3.05, 3.63) is 23.5 Å². The zero-order valence-electron chi connectivity index (χ0n) is 10.2. The summed E-state index contributed by atoms with van der Waals surface area (Å²) < 4.78 is 13.8. The second kappa shape index (κ2) is 5.89. The van der Waals surface area contributed by atoms with Gasteiger partial charge in [-0.1, -0.05) is 32.1 Å². The number of carboxylic acids is 1. The minimum Gasteiger partial charge on any atom is -0.476 e. The van der Waals surface area contributed by atoms with Crippen LogP contribution in [0, 0.1) is 11.7 Å². The molecule has 1 fully saturated rings. The highest BCUT2D eigenvalue weighted by Crippen LogP contribution is 2.27. The van der Waals surface area contributed by atoms with Crippen LogP contribution in [0.4, 0.5) is 4.39 Å². The lowest BCUT2D eigenvalue weighted by Gasteiger charge is -2.21. The van der Waals surface area contributed by atoms with Crippen LogP contribution in [0.5, 0.6) is 0 Å². The molecule has 5 heteroatoms.